The third-order valence-electron chi connectivity index (χ3n) is 6.23. The second kappa shape index (κ2) is 8.51. The Morgan fingerprint density at radius 2 is 1.58 bits per heavy atom. The van der Waals surface area contributed by atoms with Crippen molar-refractivity contribution in [3.8, 4) is 11.3 Å². The van der Waals surface area contributed by atoms with Crippen molar-refractivity contribution in [2.24, 2.45) is 0 Å². The highest BCUT2D eigenvalue weighted by molar-refractivity contribution is 6.01. The number of aromatic nitrogens is 2. The summed E-state index contributed by atoms with van der Waals surface area (Å²) in [6, 6.07) is 13.5. The Morgan fingerprint density at radius 1 is 0.839 bits per heavy atom. The van der Waals surface area contributed by atoms with E-state index in [9.17, 15) is 9.59 Å². The van der Waals surface area contributed by atoms with E-state index in [2.05, 4.69) is 10.4 Å². The number of amides is 2. The Bertz CT molecular complexity index is 1110. The van der Waals surface area contributed by atoms with Crippen molar-refractivity contribution in [2.75, 3.05) is 39.3 Å². The summed E-state index contributed by atoms with van der Waals surface area (Å²) >= 11 is 0. The van der Waals surface area contributed by atoms with Gasteiger partial charge in [-0.2, -0.15) is 5.10 Å². The highest BCUT2D eigenvalue weighted by Crippen LogP contribution is 2.25. The zero-order chi connectivity index (χ0) is 21.2. The lowest BCUT2D eigenvalue weighted by Gasteiger charge is -2.27. The number of nitrogens with zero attached hydrogens (tertiary/aromatic N) is 4. The van der Waals surface area contributed by atoms with E-state index in [0.717, 1.165) is 68.9 Å². The predicted molar refractivity (Wildman–Crippen MR) is 119 cm³/mol. The minimum absolute atomic E-state index is 0.0505. The van der Waals surface area contributed by atoms with Crippen LogP contribution < -0.4 is 5.32 Å². The van der Waals surface area contributed by atoms with Crippen molar-refractivity contribution in [3.05, 3.63) is 59.8 Å². The van der Waals surface area contributed by atoms with E-state index in [1.807, 2.05) is 56.8 Å². The van der Waals surface area contributed by atoms with Gasteiger partial charge in [-0.1, -0.05) is 18.2 Å². The molecule has 2 amide bonds. The van der Waals surface area contributed by atoms with Crippen LogP contribution >= 0.6 is 0 Å². The molecule has 4 heterocycles. The van der Waals surface area contributed by atoms with E-state index >= 15 is 0 Å². The molecule has 31 heavy (non-hydrogen) atoms. The SMILES string of the molecule is O=C(c1cccc(-c2cccc3c(C(=O)N4CCCCC4)cnn23)c1)N1CCNCC1. The van der Waals surface area contributed by atoms with Crippen LogP contribution in [0.4, 0.5) is 0 Å². The van der Waals surface area contributed by atoms with Gasteiger partial charge in [0.05, 0.1) is 23.0 Å². The Hall–Kier alpha value is -3.19. The first-order valence-corrected chi connectivity index (χ1v) is 11.1. The van der Waals surface area contributed by atoms with E-state index in [0.29, 0.717) is 11.1 Å². The fourth-order valence-corrected chi connectivity index (χ4v) is 4.52. The van der Waals surface area contributed by atoms with E-state index in [1.54, 1.807) is 6.20 Å². The van der Waals surface area contributed by atoms with Crippen LogP contribution in [0.5, 0.6) is 0 Å². The summed E-state index contributed by atoms with van der Waals surface area (Å²) in [5.74, 6) is 0.103. The number of piperidine rings is 1. The number of rotatable bonds is 3. The number of nitrogens with one attached hydrogen (secondary N) is 1. The number of piperazine rings is 1. The molecule has 1 aromatic carbocycles. The smallest absolute Gasteiger partial charge is 0.257 e. The molecule has 0 bridgehead atoms. The molecule has 0 unspecified atom stereocenters. The molecule has 0 radical (unpaired) electrons. The highest BCUT2D eigenvalue weighted by Gasteiger charge is 2.23. The molecule has 2 saturated heterocycles. The fraction of sp³-hybridized carbons (Fsp3) is 0.375. The summed E-state index contributed by atoms with van der Waals surface area (Å²) in [5, 5.41) is 7.82. The van der Waals surface area contributed by atoms with Crippen LogP contribution in [-0.4, -0.2) is 70.5 Å². The van der Waals surface area contributed by atoms with E-state index in [-0.39, 0.29) is 11.8 Å². The molecular weight excluding hydrogens is 390 g/mol. The maximum absolute atomic E-state index is 13.1. The number of pyridine rings is 1. The highest BCUT2D eigenvalue weighted by atomic mass is 16.2. The molecule has 3 aromatic rings. The Balaban J connectivity index is 1.47. The third-order valence-corrected chi connectivity index (χ3v) is 6.23. The quantitative estimate of drug-likeness (QED) is 0.711. The van der Waals surface area contributed by atoms with Gasteiger partial charge >= 0.3 is 0 Å². The lowest BCUT2D eigenvalue weighted by Crippen LogP contribution is -2.46. The summed E-state index contributed by atoms with van der Waals surface area (Å²) in [4.78, 5) is 29.8. The number of hydrogen-bond acceptors (Lipinski definition) is 4. The van der Waals surface area contributed by atoms with Crippen LogP contribution in [0, 0.1) is 0 Å². The lowest BCUT2D eigenvalue weighted by atomic mass is 10.1. The molecule has 160 valence electrons. The van der Waals surface area contributed by atoms with Crippen molar-refractivity contribution in [2.45, 2.75) is 19.3 Å². The number of carbonyl (C=O) groups excluding carboxylic acids is 2. The van der Waals surface area contributed by atoms with Gasteiger partial charge in [-0.15, -0.1) is 0 Å². The molecule has 2 aliphatic rings. The van der Waals surface area contributed by atoms with Gasteiger partial charge in [0.1, 0.15) is 0 Å². The van der Waals surface area contributed by atoms with Crippen molar-refractivity contribution < 1.29 is 9.59 Å². The van der Waals surface area contributed by atoms with Gasteiger partial charge in [0.25, 0.3) is 11.8 Å². The first-order chi connectivity index (χ1) is 15.2. The lowest BCUT2D eigenvalue weighted by molar-refractivity contribution is 0.0722. The minimum Gasteiger partial charge on any atom is -0.339 e. The molecule has 0 saturated carbocycles. The molecule has 0 aliphatic carbocycles. The van der Waals surface area contributed by atoms with Gasteiger partial charge < -0.3 is 15.1 Å². The molecule has 2 aromatic heterocycles. The van der Waals surface area contributed by atoms with E-state index in [1.165, 1.54) is 6.42 Å². The van der Waals surface area contributed by atoms with Crippen LogP contribution in [0.2, 0.25) is 0 Å². The largest absolute Gasteiger partial charge is 0.339 e. The van der Waals surface area contributed by atoms with Crippen LogP contribution in [0.3, 0.4) is 0 Å². The van der Waals surface area contributed by atoms with Crippen LogP contribution in [0.15, 0.2) is 48.7 Å². The molecule has 7 heteroatoms. The minimum atomic E-state index is 0.0505. The maximum Gasteiger partial charge on any atom is 0.257 e. The topological polar surface area (TPSA) is 70.0 Å². The molecule has 0 atom stereocenters. The van der Waals surface area contributed by atoms with Crippen LogP contribution in [0.1, 0.15) is 40.0 Å². The standard InChI is InChI=1S/C24H27N5O2/c30-23(28-14-10-25-11-15-28)19-7-4-6-18(16-19)21-8-5-9-22-20(17-26-29(21)22)24(31)27-12-2-1-3-13-27/h4-9,16-17,25H,1-3,10-15H2. The second-order valence-corrected chi connectivity index (χ2v) is 8.24. The molecule has 2 aliphatic heterocycles. The second-order valence-electron chi connectivity index (χ2n) is 8.24. The average Bonchev–Trinajstić information content (AvgIpc) is 3.28. The first kappa shape index (κ1) is 19.8. The van der Waals surface area contributed by atoms with E-state index in [4.69, 9.17) is 0 Å². The molecule has 7 nitrogen and oxygen atoms in total. The molecule has 5 rings (SSSR count). The van der Waals surface area contributed by atoms with Crippen molar-refractivity contribution >= 4 is 17.3 Å². The van der Waals surface area contributed by atoms with Crippen LogP contribution in [0.25, 0.3) is 16.8 Å². The van der Waals surface area contributed by atoms with Crippen LogP contribution in [-0.2, 0) is 0 Å². The summed E-state index contributed by atoms with van der Waals surface area (Å²) in [5.41, 5.74) is 3.88. The summed E-state index contributed by atoms with van der Waals surface area (Å²) in [6.45, 7) is 4.72. The Kier molecular flexibility index (Phi) is 5.42. The predicted octanol–water partition coefficient (Wildman–Crippen LogP) is 2.67. The maximum atomic E-state index is 13.1. The van der Waals surface area contributed by atoms with Crippen molar-refractivity contribution in [1.82, 2.24) is 24.7 Å². The van der Waals surface area contributed by atoms with Gasteiger partial charge in [0.15, 0.2) is 0 Å². The number of benzene rings is 1. The summed E-state index contributed by atoms with van der Waals surface area (Å²) in [7, 11) is 0. The Labute approximate surface area is 181 Å². The van der Waals surface area contributed by atoms with Crippen molar-refractivity contribution in [1.29, 1.82) is 0 Å². The molecule has 0 spiro atoms. The zero-order valence-electron chi connectivity index (χ0n) is 17.6. The van der Waals surface area contributed by atoms with Gasteiger partial charge in [0, 0.05) is 50.4 Å². The Morgan fingerprint density at radius 3 is 2.39 bits per heavy atom. The summed E-state index contributed by atoms with van der Waals surface area (Å²) < 4.78 is 1.81. The number of fused-ring (bicyclic) bond motifs is 1. The number of likely N-dealkylation sites (tertiary alicyclic amines) is 1. The zero-order valence-corrected chi connectivity index (χ0v) is 17.6. The van der Waals surface area contributed by atoms with Gasteiger partial charge in [-0.25, -0.2) is 4.52 Å². The van der Waals surface area contributed by atoms with Crippen molar-refractivity contribution in [3.63, 3.8) is 0 Å². The normalized spacial score (nSPS) is 17.2. The monoisotopic (exact) mass is 417 g/mol. The number of carbonyl (C=O) groups is 2. The van der Waals surface area contributed by atoms with Gasteiger partial charge in [-0.05, 0) is 43.5 Å². The molecule has 1 N–H and O–H groups in total. The average molecular weight is 418 g/mol. The molecule has 2 fully saturated rings. The van der Waals surface area contributed by atoms with Gasteiger partial charge in [-0.3, -0.25) is 9.59 Å². The third kappa shape index (κ3) is 3.81. The number of hydrogen-bond donors (Lipinski definition) is 1. The summed E-state index contributed by atoms with van der Waals surface area (Å²) in [6.07, 6.45) is 4.98. The fourth-order valence-electron chi connectivity index (χ4n) is 4.52. The first-order valence-electron chi connectivity index (χ1n) is 11.1. The van der Waals surface area contributed by atoms with Gasteiger partial charge in [0.2, 0.25) is 0 Å². The van der Waals surface area contributed by atoms with E-state index < -0.39 is 0 Å². The molecular formula is C24H27N5O2.